The number of rotatable bonds is 5. The normalized spacial score (nSPS) is 21.8. The van der Waals surface area contributed by atoms with Gasteiger partial charge in [0.15, 0.2) is 5.78 Å². The minimum Gasteiger partial charge on any atom is -0.353 e. The molecule has 1 aromatic carbocycles. The van der Waals surface area contributed by atoms with Crippen LogP contribution < -0.4 is 5.32 Å². The fourth-order valence-electron chi connectivity index (χ4n) is 2.71. The number of halogens is 1. The highest BCUT2D eigenvalue weighted by molar-refractivity contribution is 6.30. The summed E-state index contributed by atoms with van der Waals surface area (Å²) in [5.74, 6) is 0.737. The van der Waals surface area contributed by atoms with E-state index in [-0.39, 0.29) is 24.5 Å². The number of Topliss-reactive ketones (excluding diaryl/α,β-unsaturated/α-hetero) is 1. The minimum absolute atomic E-state index is 0.0147. The van der Waals surface area contributed by atoms with Crippen LogP contribution in [0, 0.1) is 5.92 Å². The third-order valence-electron chi connectivity index (χ3n) is 4.13. The van der Waals surface area contributed by atoms with Crippen molar-refractivity contribution in [3.05, 3.63) is 34.9 Å². The first-order chi connectivity index (χ1) is 10.0. The molecule has 1 aliphatic carbocycles. The van der Waals surface area contributed by atoms with Crippen LogP contribution in [0.2, 0.25) is 5.02 Å². The second-order valence-electron chi connectivity index (χ2n) is 5.95. The number of carbonyl (C=O) groups is 2. The van der Waals surface area contributed by atoms with Gasteiger partial charge < -0.3 is 5.32 Å². The maximum atomic E-state index is 12.0. The Balaban J connectivity index is 1.73. The third-order valence-corrected chi connectivity index (χ3v) is 4.38. The fourth-order valence-corrected chi connectivity index (χ4v) is 2.84. The van der Waals surface area contributed by atoms with Gasteiger partial charge in [0.1, 0.15) is 0 Å². The molecule has 1 N–H and O–H groups in total. The first kappa shape index (κ1) is 16.0. The Labute approximate surface area is 131 Å². The molecule has 0 bridgehead atoms. The molecule has 0 aromatic heterocycles. The molecule has 1 saturated carbocycles. The van der Waals surface area contributed by atoms with E-state index in [9.17, 15) is 9.59 Å². The van der Waals surface area contributed by atoms with Crippen molar-refractivity contribution in [2.75, 3.05) is 0 Å². The Hall–Kier alpha value is -1.35. The molecule has 1 fully saturated rings. The van der Waals surface area contributed by atoms with Crippen molar-refractivity contribution >= 4 is 23.3 Å². The van der Waals surface area contributed by atoms with Gasteiger partial charge in [-0.2, -0.15) is 0 Å². The zero-order valence-electron chi connectivity index (χ0n) is 12.4. The van der Waals surface area contributed by atoms with Crippen LogP contribution in [0.3, 0.4) is 0 Å². The van der Waals surface area contributed by atoms with E-state index in [1.807, 2.05) is 0 Å². The standard InChI is InChI=1S/C17H22ClNO2/c1-12-2-8-15(9-3-12)19-17(21)11-10-16(20)13-4-6-14(18)7-5-13/h4-7,12,15H,2-3,8-11H2,1H3,(H,19,21). The highest BCUT2D eigenvalue weighted by Gasteiger charge is 2.20. The van der Waals surface area contributed by atoms with Crippen LogP contribution in [-0.2, 0) is 4.79 Å². The third kappa shape index (κ3) is 5.16. The molecule has 0 saturated heterocycles. The van der Waals surface area contributed by atoms with Gasteiger partial charge in [0.2, 0.25) is 5.91 Å². The van der Waals surface area contributed by atoms with E-state index in [4.69, 9.17) is 11.6 Å². The summed E-state index contributed by atoms with van der Waals surface area (Å²) in [6.07, 6.45) is 4.96. The lowest BCUT2D eigenvalue weighted by Crippen LogP contribution is -2.37. The summed E-state index contributed by atoms with van der Waals surface area (Å²) in [6, 6.07) is 7.08. The number of ketones is 1. The van der Waals surface area contributed by atoms with Crippen molar-refractivity contribution in [2.45, 2.75) is 51.5 Å². The Morgan fingerprint density at radius 3 is 2.33 bits per heavy atom. The molecule has 0 spiro atoms. The van der Waals surface area contributed by atoms with Crippen LogP contribution in [0.5, 0.6) is 0 Å². The summed E-state index contributed by atoms with van der Waals surface area (Å²) in [5.41, 5.74) is 0.610. The SMILES string of the molecule is CC1CCC(NC(=O)CCC(=O)c2ccc(Cl)cc2)CC1. The molecule has 0 aliphatic heterocycles. The molecule has 114 valence electrons. The van der Waals surface area contributed by atoms with Gasteiger partial charge in [-0.15, -0.1) is 0 Å². The molecule has 2 rings (SSSR count). The number of hydrogen-bond acceptors (Lipinski definition) is 2. The predicted octanol–water partition coefficient (Wildman–Crippen LogP) is 4.00. The summed E-state index contributed by atoms with van der Waals surface area (Å²) in [5, 5.41) is 3.65. The van der Waals surface area contributed by atoms with Crippen molar-refractivity contribution < 1.29 is 9.59 Å². The first-order valence-corrected chi connectivity index (χ1v) is 8.00. The van der Waals surface area contributed by atoms with Crippen LogP contribution in [-0.4, -0.2) is 17.7 Å². The van der Waals surface area contributed by atoms with Gasteiger partial charge >= 0.3 is 0 Å². The van der Waals surface area contributed by atoms with Gasteiger partial charge in [0, 0.05) is 29.5 Å². The van der Waals surface area contributed by atoms with Gasteiger partial charge in [0.25, 0.3) is 0 Å². The summed E-state index contributed by atoms with van der Waals surface area (Å²) < 4.78 is 0. The molecule has 21 heavy (non-hydrogen) atoms. The Kier molecular flexibility index (Phi) is 5.80. The molecular weight excluding hydrogens is 286 g/mol. The molecule has 1 amide bonds. The summed E-state index contributed by atoms with van der Waals surface area (Å²) in [6.45, 7) is 2.25. The minimum atomic E-state index is -0.0168. The van der Waals surface area contributed by atoms with Crippen molar-refractivity contribution in [1.29, 1.82) is 0 Å². The number of benzene rings is 1. The molecule has 0 heterocycles. The van der Waals surface area contributed by atoms with E-state index in [1.54, 1.807) is 24.3 Å². The van der Waals surface area contributed by atoms with Crippen molar-refractivity contribution in [1.82, 2.24) is 5.32 Å². The number of hydrogen-bond donors (Lipinski definition) is 1. The van der Waals surface area contributed by atoms with Crippen LogP contribution in [0.15, 0.2) is 24.3 Å². The number of amides is 1. The lowest BCUT2D eigenvalue weighted by molar-refractivity contribution is -0.122. The molecule has 1 aliphatic rings. The van der Waals surface area contributed by atoms with E-state index in [1.165, 1.54) is 12.8 Å². The molecular formula is C17H22ClNO2. The van der Waals surface area contributed by atoms with Crippen molar-refractivity contribution in [3.63, 3.8) is 0 Å². The van der Waals surface area contributed by atoms with Gasteiger partial charge in [0.05, 0.1) is 0 Å². The van der Waals surface area contributed by atoms with Crippen LogP contribution in [0.4, 0.5) is 0 Å². The number of nitrogens with one attached hydrogen (secondary N) is 1. The average Bonchev–Trinajstić information content (AvgIpc) is 2.48. The van der Waals surface area contributed by atoms with Gasteiger partial charge in [-0.25, -0.2) is 0 Å². The van der Waals surface area contributed by atoms with E-state index in [2.05, 4.69) is 12.2 Å². The van der Waals surface area contributed by atoms with E-state index in [0.29, 0.717) is 16.6 Å². The van der Waals surface area contributed by atoms with Crippen LogP contribution in [0.1, 0.15) is 55.8 Å². The van der Waals surface area contributed by atoms with Crippen molar-refractivity contribution in [2.24, 2.45) is 5.92 Å². The Bertz CT molecular complexity index is 490. The Morgan fingerprint density at radius 1 is 1.10 bits per heavy atom. The van der Waals surface area contributed by atoms with Gasteiger partial charge in [-0.3, -0.25) is 9.59 Å². The van der Waals surface area contributed by atoms with Crippen LogP contribution in [0.25, 0.3) is 0 Å². The van der Waals surface area contributed by atoms with E-state index < -0.39 is 0 Å². The molecule has 0 radical (unpaired) electrons. The molecule has 4 heteroatoms. The average molecular weight is 308 g/mol. The maximum Gasteiger partial charge on any atom is 0.220 e. The summed E-state index contributed by atoms with van der Waals surface area (Å²) in [7, 11) is 0. The summed E-state index contributed by atoms with van der Waals surface area (Å²) >= 11 is 5.79. The number of carbonyl (C=O) groups excluding carboxylic acids is 2. The zero-order chi connectivity index (χ0) is 15.2. The second-order valence-corrected chi connectivity index (χ2v) is 6.39. The highest BCUT2D eigenvalue weighted by atomic mass is 35.5. The lowest BCUT2D eigenvalue weighted by atomic mass is 9.87. The largest absolute Gasteiger partial charge is 0.353 e. The van der Waals surface area contributed by atoms with Crippen LogP contribution >= 0.6 is 11.6 Å². The Morgan fingerprint density at radius 2 is 1.71 bits per heavy atom. The maximum absolute atomic E-state index is 12.0. The zero-order valence-corrected chi connectivity index (χ0v) is 13.2. The predicted molar refractivity (Wildman–Crippen MR) is 84.6 cm³/mol. The van der Waals surface area contributed by atoms with E-state index >= 15 is 0 Å². The second kappa shape index (κ2) is 7.60. The molecule has 0 unspecified atom stereocenters. The monoisotopic (exact) mass is 307 g/mol. The van der Waals surface area contributed by atoms with Gasteiger partial charge in [-0.05, 0) is 55.9 Å². The quantitative estimate of drug-likeness (QED) is 0.836. The van der Waals surface area contributed by atoms with E-state index in [0.717, 1.165) is 18.8 Å². The lowest BCUT2D eigenvalue weighted by Gasteiger charge is -2.26. The molecule has 0 atom stereocenters. The first-order valence-electron chi connectivity index (χ1n) is 7.62. The summed E-state index contributed by atoms with van der Waals surface area (Å²) in [4.78, 5) is 23.9. The smallest absolute Gasteiger partial charge is 0.220 e. The molecule has 1 aromatic rings. The highest BCUT2D eigenvalue weighted by Crippen LogP contribution is 2.23. The molecule has 3 nitrogen and oxygen atoms in total. The van der Waals surface area contributed by atoms with Crippen molar-refractivity contribution in [3.8, 4) is 0 Å². The fraction of sp³-hybridized carbons (Fsp3) is 0.529. The van der Waals surface area contributed by atoms with Gasteiger partial charge in [-0.1, -0.05) is 18.5 Å². The topological polar surface area (TPSA) is 46.2 Å².